The molecule has 0 atom stereocenters. The monoisotopic (exact) mass is 369 g/mol. The normalized spacial score (nSPS) is 11.0. The highest BCUT2D eigenvalue weighted by molar-refractivity contribution is 7.21. The molecule has 2 nitrogen and oxygen atoms in total. The van der Waals surface area contributed by atoms with Crippen molar-refractivity contribution in [1.29, 1.82) is 0 Å². The maximum Gasteiger partial charge on any atom is 0.131 e. The fourth-order valence-corrected chi connectivity index (χ4v) is 3.70. The van der Waals surface area contributed by atoms with Crippen molar-refractivity contribution in [3.63, 3.8) is 0 Å². The Balaban J connectivity index is 1.52. The fraction of sp³-hybridized carbons (Fsp3) is 0.0500. The molecule has 4 aromatic rings. The molecule has 0 saturated heterocycles. The summed E-state index contributed by atoms with van der Waals surface area (Å²) in [5.41, 5.74) is 2.38. The predicted molar refractivity (Wildman–Crippen MR) is 101 cm³/mol. The van der Waals surface area contributed by atoms with Crippen LogP contribution >= 0.6 is 22.9 Å². The van der Waals surface area contributed by atoms with Crippen LogP contribution in [0.1, 0.15) is 5.56 Å². The zero-order valence-electron chi connectivity index (χ0n) is 13.1. The number of hydrogen-bond acceptors (Lipinski definition) is 3. The highest BCUT2D eigenvalue weighted by Crippen LogP contribution is 2.31. The summed E-state index contributed by atoms with van der Waals surface area (Å²) in [4.78, 5) is 4.64. The Bertz CT molecular complexity index is 976. The molecule has 0 unspecified atom stereocenters. The molecule has 0 bridgehead atoms. The van der Waals surface area contributed by atoms with Crippen molar-refractivity contribution in [3.05, 3.63) is 83.1 Å². The van der Waals surface area contributed by atoms with Crippen molar-refractivity contribution in [1.82, 2.24) is 4.98 Å². The lowest BCUT2D eigenvalue weighted by molar-refractivity contribution is 0.300. The second-order valence-corrected chi connectivity index (χ2v) is 6.94. The predicted octanol–water partition coefficient (Wildman–Crippen LogP) is 6.33. The van der Waals surface area contributed by atoms with Crippen LogP contribution in [0.3, 0.4) is 0 Å². The summed E-state index contributed by atoms with van der Waals surface area (Å²) in [7, 11) is 0. The molecule has 4 rings (SSSR count). The highest BCUT2D eigenvalue weighted by atomic mass is 35.5. The van der Waals surface area contributed by atoms with Crippen LogP contribution in [0.4, 0.5) is 4.39 Å². The lowest BCUT2D eigenvalue weighted by atomic mass is 10.2. The number of rotatable bonds is 4. The third-order valence-electron chi connectivity index (χ3n) is 3.84. The van der Waals surface area contributed by atoms with Gasteiger partial charge in [-0.05, 0) is 48.5 Å². The number of halogens is 2. The molecule has 0 aliphatic carbocycles. The van der Waals surface area contributed by atoms with E-state index in [-0.39, 0.29) is 12.4 Å². The van der Waals surface area contributed by atoms with Gasteiger partial charge in [0.15, 0.2) is 0 Å². The van der Waals surface area contributed by atoms with E-state index in [0.29, 0.717) is 16.3 Å². The molecule has 1 heterocycles. The van der Waals surface area contributed by atoms with Gasteiger partial charge in [-0.25, -0.2) is 9.37 Å². The minimum absolute atomic E-state index is 0.0893. The molecule has 124 valence electrons. The molecule has 0 fully saturated rings. The van der Waals surface area contributed by atoms with E-state index in [1.54, 1.807) is 23.5 Å². The summed E-state index contributed by atoms with van der Waals surface area (Å²) in [5.74, 6) is 0.294. The van der Waals surface area contributed by atoms with Crippen LogP contribution in [0, 0.1) is 5.82 Å². The third kappa shape index (κ3) is 3.36. The van der Waals surface area contributed by atoms with Gasteiger partial charge in [-0.1, -0.05) is 29.8 Å². The largest absolute Gasteiger partial charge is 0.489 e. The van der Waals surface area contributed by atoms with Crippen LogP contribution in [0.2, 0.25) is 5.02 Å². The van der Waals surface area contributed by atoms with E-state index in [1.807, 2.05) is 42.5 Å². The van der Waals surface area contributed by atoms with Gasteiger partial charge in [0.1, 0.15) is 23.2 Å². The Hall–Kier alpha value is -2.43. The molecule has 25 heavy (non-hydrogen) atoms. The fourth-order valence-electron chi connectivity index (χ4n) is 2.52. The summed E-state index contributed by atoms with van der Waals surface area (Å²) < 4.78 is 20.6. The van der Waals surface area contributed by atoms with Gasteiger partial charge in [0.05, 0.1) is 15.2 Å². The van der Waals surface area contributed by atoms with Gasteiger partial charge in [0, 0.05) is 11.1 Å². The number of aromatic nitrogens is 1. The van der Waals surface area contributed by atoms with Crippen LogP contribution in [0.25, 0.3) is 20.8 Å². The van der Waals surface area contributed by atoms with Gasteiger partial charge < -0.3 is 4.74 Å². The molecule has 3 aromatic carbocycles. The zero-order valence-corrected chi connectivity index (χ0v) is 14.7. The van der Waals surface area contributed by atoms with Crippen LogP contribution in [0.5, 0.6) is 5.75 Å². The van der Waals surface area contributed by atoms with E-state index >= 15 is 0 Å². The molecule has 0 amide bonds. The number of nitrogens with zero attached hydrogens (tertiary/aromatic N) is 1. The van der Waals surface area contributed by atoms with Crippen molar-refractivity contribution < 1.29 is 9.13 Å². The highest BCUT2D eigenvalue weighted by Gasteiger charge is 2.09. The van der Waals surface area contributed by atoms with E-state index in [1.165, 1.54) is 6.07 Å². The SMILES string of the molecule is Fc1cccc(Cl)c1COc1ccc(-c2nc3ccccc3s2)cc1. The lowest BCUT2D eigenvalue weighted by Gasteiger charge is -2.09. The first-order valence-corrected chi connectivity index (χ1v) is 8.92. The van der Waals surface area contributed by atoms with Crippen molar-refractivity contribution >= 4 is 33.2 Å². The standard InChI is InChI=1S/C20H13ClFNOS/c21-16-4-3-5-17(22)15(16)12-24-14-10-8-13(9-11-14)20-23-18-6-1-2-7-19(18)25-20/h1-11H,12H2. The summed E-state index contributed by atoms with van der Waals surface area (Å²) in [5, 5.41) is 1.33. The molecule has 0 saturated carbocycles. The molecular formula is C20H13ClFNOS. The first kappa shape index (κ1) is 16.1. The summed E-state index contributed by atoms with van der Waals surface area (Å²) in [6, 6.07) is 20.3. The van der Waals surface area contributed by atoms with Crippen LogP contribution in [-0.2, 0) is 6.61 Å². The van der Waals surface area contributed by atoms with Crippen LogP contribution < -0.4 is 4.74 Å². The number of thiazole rings is 1. The summed E-state index contributed by atoms with van der Waals surface area (Å²) in [6.07, 6.45) is 0. The third-order valence-corrected chi connectivity index (χ3v) is 5.28. The quantitative estimate of drug-likeness (QED) is 0.419. The van der Waals surface area contributed by atoms with Gasteiger partial charge in [-0.15, -0.1) is 11.3 Å². The minimum atomic E-state index is -0.362. The molecular weight excluding hydrogens is 357 g/mol. The van der Waals surface area contributed by atoms with Gasteiger partial charge in [-0.2, -0.15) is 0 Å². The minimum Gasteiger partial charge on any atom is -0.489 e. The van der Waals surface area contributed by atoms with E-state index in [2.05, 4.69) is 11.1 Å². The molecule has 0 spiro atoms. The van der Waals surface area contributed by atoms with Gasteiger partial charge in [0.25, 0.3) is 0 Å². The molecule has 0 radical (unpaired) electrons. The average Bonchev–Trinajstić information content (AvgIpc) is 3.06. The number of para-hydroxylation sites is 1. The number of ether oxygens (including phenoxy) is 1. The van der Waals surface area contributed by atoms with Gasteiger partial charge in [0.2, 0.25) is 0 Å². The second-order valence-electron chi connectivity index (χ2n) is 5.50. The number of benzene rings is 3. The zero-order chi connectivity index (χ0) is 17.2. The topological polar surface area (TPSA) is 22.1 Å². The molecule has 0 aliphatic heterocycles. The second kappa shape index (κ2) is 6.82. The van der Waals surface area contributed by atoms with Crippen molar-refractivity contribution in [3.8, 4) is 16.3 Å². The molecule has 0 aliphatic rings. The van der Waals surface area contributed by atoms with Crippen LogP contribution in [-0.4, -0.2) is 4.98 Å². The Morgan fingerprint density at radius 1 is 0.960 bits per heavy atom. The number of hydrogen-bond donors (Lipinski definition) is 0. The number of fused-ring (bicyclic) bond motifs is 1. The molecule has 0 N–H and O–H groups in total. The summed E-state index contributed by atoms with van der Waals surface area (Å²) >= 11 is 7.66. The average molecular weight is 370 g/mol. The van der Waals surface area contributed by atoms with E-state index in [4.69, 9.17) is 16.3 Å². The maximum absolute atomic E-state index is 13.8. The maximum atomic E-state index is 13.8. The first-order chi connectivity index (χ1) is 12.2. The van der Waals surface area contributed by atoms with E-state index in [0.717, 1.165) is 20.8 Å². The van der Waals surface area contributed by atoms with Gasteiger partial charge in [-0.3, -0.25) is 0 Å². The van der Waals surface area contributed by atoms with Crippen molar-refractivity contribution in [2.75, 3.05) is 0 Å². The van der Waals surface area contributed by atoms with E-state index in [9.17, 15) is 4.39 Å². The first-order valence-electron chi connectivity index (χ1n) is 7.72. The van der Waals surface area contributed by atoms with Crippen LogP contribution in [0.15, 0.2) is 66.7 Å². The molecule has 5 heteroatoms. The Morgan fingerprint density at radius 3 is 2.52 bits per heavy atom. The van der Waals surface area contributed by atoms with Gasteiger partial charge >= 0.3 is 0 Å². The summed E-state index contributed by atoms with van der Waals surface area (Å²) in [6.45, 7) is 0.0893. The lowest BCUT2D eigenvalue weighted by Crippen LogP contribution is -1.99. The Labute approximate surface area is 153 Å². The molecule has 1 aromatic heterocycles. The smallest absolute Gasteiger partial charge is 0.131 e. The Kier molecular flexibility index (Phi) is 4.38. The van der Waals surface area contributed by atoms with Crippen molar-refractivity contribution in [2.24, 2.45) is 0 Å². The Morgan fingerprint density at radius 2 is 1.76 bits per heavy atom. The van der Waals surface area contributed by atoms with E-state index < -0.39 is 0 Å². The van der Waals surface area contributed by atoms with Crippen molar-refractivity contribution in [2.45, 2.75) is 6.61 Å².